The first kappa shape index (κ1) is 84.5. The van der Waals surface area contributed by atoms with Crippen molar-refractivity contribution < 1.29 is 47.8 Å². The molecule has 1 aromatic carbocycles. The number of carbonyl (C=O) groups is 6. The number of ketones is 1. The Bertz CT molecular complexity index is 1760. The number of nitrogens with zero attached hydrogens (tertiary/aromatic N) is 2. The Kier molecular flexibility index (Phi) is 54.4. The number of amides is 4. The summed E-state index contributed by atoms with van der Waals surface area (Å²) < 4.78 is 14.9. The van der Waals surface area contributed by atoms with Gasteiger partial charge in [-0.25, -0.2) is 9.59 Å². The number of rotatable bonds is 28. The van der Waals surface area contributed by atoms with Crippen LogP contribution in [0.25, 0.3) is 0 Å². The summed E-state index contributed by atoms with van der Waals surface area (Å²) in [6.07, 6.45) is 5.45. The molecule has 16 nitrogen and oxygen atoms in total. The number of primary amides is 1. The summed E-state index contributed by atoms with van der Waals surface area (Å²) in [5.74, 6) is 1.33. The van der Waals surface area contributed by atoms with E-state index in [0.29, 0.717) is 43.1 Å². The Balaban J connectivity index is -0.000000335. The lowest BCUT2D eigenvalue weighted by Gasteiger charge is -2.25. The third-order valence-corrected chi connectivity index (χ3v) is 12.8. The predicted molar refractivity (Wildman–Crippen MR) is 340 cm³/mol. The lowest BCUT2D eigenvalue weighted by Crippen LogP contribution is -2.46. The van der Waals surface area contributed by atoms with Crippen LogP contribution < -0.4 is 21.7 Å². The number of carbonyl (C=O) groups excluding carboxylic acids is 6. The van der Waals surface area contributed by atoms with Crippen molar-refractivity contribution in [3.05, 3.63) is 35.4 Å². The van der Waals surface area contributed by atoms with Crippen LogP contribution in [0.4, 0.5) is 9.59 Å². The van der Waals surface area contributed by atoms with Crippen molar-refractivity contribution in [2.75, 3.05) is 13.1 Å². The Labute approximate surface area is 496 Å². The number of nitrogens with one attached hydrogen (secondary N) is 3. The van der Waals surface area contributed by atoms with E-state index in [2.05, 4.69) is 109 Å². The smallest absolute Gasteiger partial charge is 0.407 e. The molecule has 0 saturated heterocycles. The van der Waals surface area contributed by atoms with Crippen LogP contribution in [0.15, 0.2) is 34.4 Å². The van der Waals surface area contributed by atoms with Crippen LogP contribution in [0, 0.1) is 47.3 Å². The quantitative estimate of drug-likeness (QED) is 0.0153. The molecule has 5 N–H and O–H groups in total. The Morgan fingerprint density at radius 1 is 0.600 bits per heavy atom. The van der Waals surface area contributed by atoms with E-state index < -0.39 is 12.1 Å². The van der Waals surface area contributed by atoms with Crippen molar-refractivity contribution in [2.24, 2.45) is 63.2 Å². The van der Waals surface area contributed by atoms with Gasteiger partial charge in [0.05, 0.1) is 30.1 Å². The maximum absolute atomic E-state index is 13.2. The average Bonchev–Trinajstić information content (AvgIpc) is 3.30. The van der Waals surface area contributed by atoms with Gasteiger partial charge in [0.2, 0.25) is 5.91 Å². The highest BCUT2D eigenvalue weighted by Crippen LogP contribution is 2.29. The van der Waals surface area contributed by atoms with Gasteiger partial charge in [-0.05, 0) is 115 Å². The molecule has 0 aliphatic heterocycles. The first-order valence-electron chi connectivity index (χ1n) is 29.1. The molecule has 0 unspecified atom stereocenters. The Hall–Kier alpha value is -4.32. The average molecular weight is 1170 g/mol. The summed E-state index contributed by atoms with van der Waals surface area (Å²) in [5, 5.41) is 13.4. The maximum Gasteiger partial charge on any atom is 0.407 e. The second-order valence-corrected chi connectivity index (χ2v) is 27.1. The normalized spacial score (nSPS) is 11.9. The molecule has 80 heavy (non-hydrogen) atoms. The number of urea groups is 1. The van der Waals surface area contributed by atoms with E-state index in [1.165, 1.54) is 0 Å². The number of nitrogens with two attached hydrogens (primary N) is 1. The molecule has 1 aromatic rings. The molecule has 0 aliphatic carbocycles. The minimum atomic E-state index is -0.655. The lowest BCUT2D eigenvalue weighted by atomic mass is 9.86. The van der Waals surface area contributed by atoms with Crippen molar-refractivity contribution in [2.45, 2.75) is 253 Å². The van der Waals surface area contributed by atoms with E-state index in [1.807, 2.05) is 135 Å². The molecular formula is C62H118N6O10S2. The van der Waals surface area contributed by atoms with E-state index in [-0.39, 0.29) is 90.8 Å². The van der Waals surface area contributed by atoms with Gasteiger partial charge >= 0.3 is 24.1 Å². The fourth-order valence-corrected chi connectivity index (χ4v) is 7.31. The third kappa shape index (κ3) is 62.9. The van der Waals surface area contributed by atoms with E-state index >= 15 is 0 Å². The van der Waals surface area contributed by atoms with Gasteiger partial charge in [0.1, 0.15) is 12.7 Å². The van der Waals surface area contributed by atoms with Crippen molar-refractivity contribution in [1.29, 1.82) is 0 Å². The molecule has 2 atom stereocenters. The molecule has 0 aromatic heterocycles. The van der Waals surface area contributed by atoms with Gasteiger partial charge in [-0.2, -0.15) is 0 Å². The van der Waals surface area contributed by atoms with E-state index in [9.17, 15) is 28.8 Å². The van der Waals surface area contributed by atoms with Crippen LogP contribution >= 0.6 is 21.6 Å². The monoisotopic (exact) mass is 1170 g/mol. The Morgan fingerprint density at radius 3 is 1.45 bits per heavy atom. The van der Waals surface area contributed by atoms with Gasteiger partial charge in [-0.1, -0.05) is 176 Å². The molecule has 0 saturated carbocycles. The standard InChI is InChI=1S/C27H43N3O5.C8H17N.C7H15NO2.C7H15NO.C7H14O2.C6H14S2/c1-17(2)14-22(18(3)4)25(32)30-23(8-7-13-29-27(28)34)24(31)15-20-9-11-21(12-10-20)16-35-26(33)19(5)6;1-7(2)5-9-6-8(3)4;1-5(2)8-7(9)10-6(3)4;1-6(2)5-8-9-7(3)4;1-5(2)7(8)9-6(3)4;1-5(2)7-8-6(3)4/h9-12,17-19,22-23H,7-8,13-16H2,1-6H3,(H,30,32)(H3,28,29,34);5,7-8H,6H2,1-4H3;5-6H,1-4H3,(H,8,9);5-7H,1-4H3;5-6H,1-4H3;5-6H,1-4H3/b;;;8-5+;;/t22-,23-;;;;;/m0...../s1. The van der Waals surface area contributed by atoms with E-state index in [1.54, 1.807) is 20.1 Å². The van der Waals surface area contributed by atoms with Gasteiger partial charge in [-0.15, -0.1) is 0 Å². The highest BCUT2D eigenvalue weighted by atomic mass is 33.1. The van der Waals surface area contributed by atoms with Crippen molar-refractivity contribution in [3.8, 4) is 0 Å². The van der Waals surface area contributed by atoms with Crippen molar-refractivity contribution in [1.82, 2.24) is 16.0 Å². The topological polar surface area (TPSA) is 226 Å². The molecule has 18 heteroatoms. The maximum atomic E-state index is 13.2. The number of alkyl carbamates (subject to hydrolysis) is 1. The zero-order valence-corrected chi connectivity index (χ0v) is 56.6. The zero-order valence-electron chi connectivity index (χ0n) is 54.9. The minimum absolute atomic E-state index is 0.00704. The SMILES string of the molecule is CC(C)/C=N/OC(C)C.CC(C)C=NCC(C)C.CC(C)C[C@H](C(=O)N[C@@H](CCCNC(N)=O)C(=O)Cc1ccc(COC(=O)C(C)C)cc1)C(C)C.CC(C)NC(=O)OC(C)C.CC(C)OC(=O)C(C)C.CC(C)SSC(C)C. The lowest BCUT2D eigenvalue weighted by molar-refractivity contribution is -0.151. The summed E-state index contributed by atoms with van der Waals surface area (Å²) in [4.78, 5) is 79.5. The van der Waals surface area contributed by atoms with Crippen LogP contribution in [0.1, 0.15) is 210 Å². The molecule has 0 spiro atoms. The van der Waals surface area contributed by atoms with Crippen LogP contribution in [-0.2, 0) is 51.3 Å². The number of esters is 2. The fraction of sp³-hybridized carbons (Fsp3) is 0.774. The van der Waals surface area contributed by atoms with Gasteiger partial charge < -0.3 is 40.7 Å². The number of hydrogen-bond donors (Lipinski definition) is 4. The van der Waals surface area contributed by atoms with Gasteiger partial charge in [-0.3, -0.25) is 24.2 Å². The molecule has 0 radical (unpaired) electrons. The van der Waals surface area contributed by atoms with Gasteiger partial charge in [0.25, 0.3) is 0 Å². The van der Waals surface area contributed by atoms with Crippen molar-refractivity contribution in [3.63, 3.8) is 0 Å². The highest BCUT2D eigenvalue weighted by molar-refractivity contribution is 8.77. The minimum Gasteiger partial charge on any atom is -0.463 e. The predicted octanol–water partition coefficient (Wildman–Crippen LogP) is 14.5. The molecule has 0 fully saturated rings. The van der Waals surface area contributed by atoms with Gasteiger partial charge in [0, 0.05) is 54.4 Å². The second-order valence-electron chi connectivity index (χ2n) is 23.7. The van der Waals surface area contributed by atoms with Crippen LogP contribution in [0.5, 0.6) is 0 Å². The molecule has 0 heterocycles. The first-order valence-corrected chi connectivity index (χ1v) is 31.4. The molecule has 0 aliphatic rings. The van der Waals surface area contributed by atoms with Crippen LogP contribution in [0.3, 0.4) is 0 Å². The largest absolute Gasteiger partial charge is 0.463 e. The number of Topliss-reactive ketones (excluding diaryl/α,β-unsaturated/α-hetero) is 1. The van der Waals surface area contributed by atoms with E-state index in [4.69, 9.17) is 24.8 Å². The third-order valence-electron chi connectivity index (χ3n) is 9.31. The number of aliphatic imine (C=N–C) groups is 1. The van der Waals surface area contributed by atoms with Gasteiger partial charge in [0.15, 0.2) is 5.78 Å². The summed E-state index contributed by atoms with van der Waals surface area (Å²) in [7, 11) is 3.91. The summed E-state index contributed by atoms with van der Waals surface area (Å²) >= 11 is 0. The van der Waals surface area contributed by atoms with Crippen LogP contribution in [-0.4, -0.2) is 102 Å². The molecule has 0 bridgehead atoms. The number of benzene rings is 1. The van der Waals surface area contributed by atoms with Crippen molar-refractivity contribution >= 4 is 69.8 Å². The van der Waals surface area contributed by atoms with Crippen LogP contribution in [0.2, 0.25) is 0 Å². The number of hydrogen-bond acceptors (Lipinski definition) is 14. The highest BCUT2D eigenvalue weighted by Gasteiger charge is 2.28. The summed E-state index contributed by atoms with van der Waals surface area (Å²) in [6.45, 7) is 53.6. The number of ether oxygens (including phenoxy) is 3. The molecule has 1 rings (SSSR count). The number of oxime groups is 1. The fourth-order valence-electron chi connectivity index (χ4n) is 5.53. The summed E-state index contributed by atoms with van der Waals surface area (Å²) in [5.41, 5.74) is 6.77. The summed E-state index contributed by atoms with van der Waals surface area (Å²) in [6, 6.07) is 6.20. The van der Waals surface area contributed by atoms with E-state index in [0.717, 1.165) is 34.6 Å². The molecule has 4 amide bonds. The molecular weight excluding hydrogens is 1050 g/mol. The zero-order chi connectivity index (χ0) is 63.2. The second kappa shape index (κ2) is 51.6. The molecule has 468 valence electrons. The first-order chi connectivity index (χ1) is 36.8. The Morgan fingerprint density at radius 2 is 1.09 bits per heavy atom.